The van der Waals surface area contributed by atoms with E-state index in [1.54, 1.807) is 6.20 Å². The van der Waals surface area contributed by atoms with Crippen LogP contribution in [-0.4, -0.2) is 20.7 Å². The summed E-state index contributed by atoms with van der Waals surface area (Å²) >= 11 is 0. The van der Waals surface area contributed by atoms with E-state index in [0.29, 0.717) is 6.42 Å². The number of hydrogen-bond acceptors (Lipinski definition) is 2. The number of hydrogen-bond donors (Lipinski definition) is 2. The van der Waals surface area contributed by atoms with Gasteiger partial charge in [-0.1, -0.05) is 58.0 Å². The average molecular weight is 336 g/mol. The topological polar surface area (TPSA) is 48.9 Å². The smallest absolute Gasteiger partial charge is 0.0773 e. The quantitative estimate of drug-likeness (QED) is 0.666. The first-order valence-electron chi connectivity index (χ1n) is 9.02. The first kappa shape index (κ1) is 17.7. The first-order valence-corrected chi connectivity index (χ1v) is 9.02. The molecule has 3 aromatic rings. The van der Waals surface area contributed by atoms with E-state index in [1.165, 1.54) is 0 Å². The van der Waals surface area contributed by atoms with Crippen LogP contribution in [0.1, 0.15) is 57.7 Å². The number of nitrogens with zero attached hydrogens (tertiary/aromatic N) is 1. The zero-order valence-corrected chi connectivity index (χ0v) is 15.6. The average Bonchev–Trinajstić information content (AvgIpc) is 2.97. The van der Waals surface area contributed by atoms with Crippen molar-refractivity contribution in [3.05, 3.63) is 66.1 Å². The molecule has 2 atom stereocenters. The Morgan fingerprint density at radius 3 is 2.44 bits per heavy atom. The number of aliphatic hydroxyl groups is 1. The standard InChI is InChI=1S/C22H28N2O/c1-5-22(25,15-21(2,3)4)20(16-9-7-6-8-10-16)18-13-17-11-12-23-14-19(17)24-18/h6-14,20,24-25H,5,15H2,1-4H3. The Balaban J connectivity index is 2.15. The molecule has 3 nitrogen and oxygen atoms in total. The van der Waals surface area contributed by atoms with E-state index in [-0.39, 0.29) is 11.3 Å². The lowest BCUT2D eigenvalue weighted by Gasteiger charge is -2.40. The molecule has 0 aliphatic carbocycles. The van der Waals surface area contributed by atoms with Crippen molar-refractivity contribution in [3.8, 4) is 0 Å². The molecule has 3 heteroatoms. The lowest BCUT2D eigenvalue weighted by Crippen LogP contribution is -2.40. The van der Waals surface area contributed by atoms with Crippen LogP contribution in [0, 0.1) is 5.41 Å². The Kier molecular flexibility index (Phi) is 4.70. The maximum atomic E-state index is 11.7. The number of benzene rings is 1. The van der Waals surface area contributed by atoms with Gasteiger partial charge < -0.3 is 10.1 Å². The fourth-order valence-electron chi connectivity index (χ4n) is 3.92. The Labute approximate surface area is 150 Å². The lowest BCUT2D eigenvalue weighted by atomic mass is 9.70. The predicted molar refractivity (Wildman–Crippen MR) is 104 cm³/mol. The molecule has 0 bridgehead atoms. The second kappa shape index (κ2) is 6.64. The van der Waals surface area contributed by atoms with E-state index in [1.807, 2.05) is 30.5 Å². The Hall–Kier alpha value is -2.13. The van der Waals surface area contributed by atoms with Crippen molar-refractivity contribution >= 4 is 10.9 Å². The van der Waals surface area contributed by atoms with Gasteiger partial charge in [-0.05, 0) is 36.0 Å². The van der Waals surface area contributed by atoms with Gasteiger partial charge in [-0.3, -0.25) is 4.98 Å². The second-order valence-corrected chi connectivity index (χ2v) is 8.23. The van der Waals surface area contributed by atoms with Crippen molar-refractivity contribution in [2.24, 2.45) is 5.41 Å². The molecule has 2 N–H and O–H groups in total. The number of aromatic nitrogens is 2. The molecule has 2 heterocycles. The zero-order chi connectivity index (χ0) is 18.1. The normalized spacial score (nSPS) is 15.9. The number of fused-ring (bicyclic) bond motifs is 1. The largest absolute Gasteiger partial charge is 0.389 e. The van der Waals surface area contributed by atoms with Crippen LogP contribution in [0.25, 0.3) is 10.9 Å². The molecular formula is C22H28N2O. The molecule has 0 aliphatic heterocycles. The van der Waals surface area contributed by atoms with Crippen LogP contribution in [0.15, 0.2) is 54.9 Å². The van der Waals surface area contributed by atoms with E-state index in [0.717, 1.165) is 28.6 Å². The van der Waals surface area contributed by atoms with Crippen molar-refractivity contribution in [1.29, 1.82) is 0 Å². The minimum absolute atomic E-state index is 0.0331. The van der Waals surface area contributed by atoms with Crippen LogP contribution in [-0.2, 0) is 0 Å². The molecule has 0 saturated heterocycles. The van der Waals surface area contributed by atoms with E-state index >= 15 is 0 Å². The molecule has 132 valence electrons. The Morgan fingerprint density at radius 1 is 1.12 bits per heavy atom. The minimum atomic E-state index is -0.825. The fourth-order valence-corrected chi connectivity index (χ4v) is 3.92. The van der Waals surface area contributed by atoms with Crippen LogP contribution in [0.2, 0.25) is 0 Å². The SMILES string of the molecule is CCC(O)(CC(C)(C)C)C(c1ccccc1)c1cc2ccncc2[nH]1. The van der Waals surface area contributed by atoms with Crippen LogP contribution in [0.4, 0.5) is 0 Å². The summed E-state index contributed by atoms with van der Waals surface area (Å²) < 4.78 is 0. The van der Waals surface area contributed by atoms with Crippen LogP contribution < -0.4 is 0 Å². The third-order valence-corrected chi connectivity index (χ3v) is 4.87. The summed E-state index contributed by atoms with van der Waals surface area (Å²) in [6, 6.07) is 14.5. The molecule has 0 spiro atoms. The number of nitrogens with one attached hydrogen (secondary N) is 1. The summed E-state index contributed by atoms with van der Waals surface area (Å²) in [6.07, 6.45) is 5.06. The van der Waals surface area contributed by atoms with E-state index in [4.69, 9.17) is 0 Å². The van der Waals surface area contributed by atoms with Crippen molar-refractivity contribution in [3.63, 3.8) is 0 Å². The van der Waals surface area contributed by atoms with Gasteiger partial charge in [0.25, 0.3) is 0 Å². The van der Waals surface area contributed by atoms with Gasteiger partial charge in [0.15, 0.2) is 0 Å². The number of rotatable bonds is 5. The van der Waals surface area contributed by atoms with Gasteiger partial charge in [0, 0.05) is 17.3 Å². The summed E-state index contributed by atoms with van der Waals surface area (Å²) in [7, 11) is 0. The van der Waals surface area contributed by atoms with E-state index in [2.05, 4.69) is 55.9 Å². The van der Waals surface area contributed by atoms with Crippen LogP contribution in [0.5, 0.6) is 0 Å². The maximum Gasteiger partial charge on any atom is 0.0773 e. The molecule has 25 heavy (non-hydrogen) atoms. The highest BCUT2D eigenvalue weighted by molar-refractivity contribution is 5.79. The van der Waals surface area contributed by atoms with Gasteiger partial charge in [-0.2, -0.15) is 0 Å². The highest BCUT2D eigenvalue weighted by atomic mass is 16.3. The van der Waals surface area contributed by atoms with E-state index in [9.17, 15) is 5.11 Å². The maximum absolute atomic E-state index is 11.7. The Morgan fingerprint density at radius 2 is 1.84 bits per heavy atom. The van der Waals surface area contributed by atoms with Gasteiger partial charge in [0.1, 0.15) is 0 Å². The monoisotopic (exact) mass is 336 g/mol. The molecule has 2 aromatic heterocycles. The lowest BCUT2D eigenvalue weighted by molar-refractivity contribution is -0.0172. The van der Waals surface area contributed by atoms with Gasteiger partial charge in [0.2, 0.25) is 0 Å². The third kappa shape index (κ3) is 3.77. The third-order valence-electron chi connectivity index (χ3n) is 4.87. The van der Waals surface area contributed by atoms with Crippen molar-refractivity contribution in [2.75, 3.05) is 0 Å². The van der Waals surface area contributed by atoms with Crippen molar-refractivity contribution < 1.29 is 5.11 Å². The zero-order valence-electron chi connectivity index (χ0n) is 15.6. The highest BCUT2D eigenvalue weighted by Gasteiger charge is 2.41. The molecule has 1 aromatic carbocycles. The molecule has 0 aliphatic rings. The molecule has 3 rings (SSSR count). The van der Waals surface area contributed by atoms with Crippen molar-refractivity contribution in [1.82, 2.24) is 9.97 Å². The van der Waals surface area contributed by atoms with Crippen molar-refractivity contribution in [2.45, 2.75) is 52.1 Å². The Bertz CT molecular complexity index is 799. The second-order valence-electron chi connectivity index (χ2n) is 8.23. The fraction of sp³-hybridized carbons (Fsp3) is 0.409. The summed E-state index contributed by atoms with van der Waals surface area (Å²) in [6.45, 7) is 8.63. The van der Waals surface area contributed by atoms with E-state index < -0.39 is 5.60 Å². The molecular weight excluding hydrogens is 308 g/mol. The molecule has 0 saturated carbocycles. The minimum Gasteiger partial charge on any atom is -0.389 e. The highest BCUT2D eigenvalue weighted by Crippen LogP contribution is 2.43. The molecule has 0 amide bonds. The summed E-state index contributed by atoms with van der Waals surface area (Å²) in [5, 5.41) is 12.8. The number of pyridine rings is 1. The summed E-state index contributed by atoms with van der Waals surface area (Å²) in [5.41, 5.74) is 2.39. The molecule has 0 radical (unpaired) electrons. The van der Waals surface area contributed by atoms with Crippen LogP contribution >= 0.6 is 0 Å². The number of aromatic amines is 1. The van der Waals surface area contributed by atoms with Gasteiger partial charge in [-0.15, -0.1) is 0 Å². The molecule has 2 unspecified atom stereocenters. The number of H-pyrrole nitrogens is 1. The van der Waals surface area contributed by atoms with Crippen LogP contribution in [0.3, 0.4) is 0 Å². The molecule has 0 fully saturated rings. The first-order chi connectivity index (χ1) is 11.8. The summed E-state index contributed by atoms with van der Waals surface area (Å²) in [4.78, 5) is 7.70. The van der Waals surface area contributed by atoms with Gasteiger partial charge in [0.05, 0.1) is 23.2 Å². The van der Waals surface area contributed by atoms with Gasteiger partial charge >= 0.3 is 0 Å². The predicted octanol–water partition coefficient (Wildman–Crippen LogP) is 5.27. The summed E-state index contributed by atoms with van der Waals surface area (Å²) in [5.74, 6) is -0.106. The van der Waals surface area contributed by atoms with Gasteiger partial charge in [-0.25, -0.2) is 0 Å².